The van der Waals surface area contributed by atoms with Gasteiger partial charge in [-0.2, -0.15) is 0 Å². The van der Waals surface area contributed by atoms with Gasteiger partial charge in [0.15, 0.2) is 10.9 Å². The summed E-state index contributed by atoms with van der Waals surface area (Å²) in [5, 5.41) is 1.35. The number of hydrogen-bond acceptors (Lipinski definition) is 6. The number of hydrogen-bond donors (Lipinski definition) is 0. The van der Waals surface area contributed by atoms with Gasteiger partial charge in [0.2, 0.25) is 0 Å². The number of anilines is 1. The van der Waals surface area contributed by atoms with Crippen molar-refractivity contribution in [3.05, 3.63) is 46.9 Å². The summed E-state index contributed by atoms with van der Waals surface area (Å²) in [6.45, 7) is 6.88. The highest BCUT2D eigenvalue weighted by molar-refractivity contribution is 7.22. The molecule has 3 heterocycles. The van der Waals surface area contributed by atoms with Crippen LogP contribution >= 0.6 is 22.9 Å². The van der Waals surface area contributed by atoms with Gasteiger partial charge in [0, 0.05) is 31.2 Å². The number of rotatable bonds is 6. The van der Waals surface area contributed by atoms with Crippen molar-refractivity contribution in [2.24, 2.45) is 0 Å². The van der Waals surface area contributed by atoms with Crippen LogP contribution in [0.4, 0.5) is 5.13 Å². The predicted octanol–water partition coefficient (Wildman–Crippen LogP) is 4.22. The Kier molecular flexibility index (Phi) is 5.96. The average Bonchev–Trinajstić information content (AvgIpc) is 3.35. The maximum Gasteiger partial charge on any atom is 0.295 e. The fourth-order valence-electron chi connectivity index (χ4n) is 3.35. The van der Waals surface area contributed by atoms with Crippen LogP contribution < -0.4 is 4.90 Å². The third-order valence-corrected chi connectivity index (χ3v) is 6.05. The summed E-state index contributed by atoms with van der Waals surface area (Å²) in [6, 6.07) is 7.20. The van der Waals surface area contributed by atoms with E-state index in [4.69, 9.17) is 25.7 Å². The Balaban J connectivity index is 1.57. The van der Waals surface area contributed by atoms with Crippen LogP contribution in [0.2, 0.25) is 5.02 Å². The molecule has 0 aliphatic carbocycles. The molecule has 0 radical (unpaired) electrons. The van der Waals surface area contributed by atoms with Crippen LogP contribution in [0.15, 0.2) is 34.9 Å². The number of aryl methyl sites for hydroxylation is 1. The van der Waals surface area contributed by atoms with E-state index in [1.54, 1.807) is 17.0 Å². The lowest BCUT2D eigenvalue weighted by molar-refractivity contribution is 0.0376. The lowest BCUT2D eigenvalue weighted by Crippen LogP contribution is -2.39. The van der Waals surface area contributed by atoms with Crippen LogP contribution in [0.3, 0.4) is 0 Å². The number of furan rings is 1. The minimum absolute atomic E-state index is 0.171. The standard InChI is InChI=1S/C20H22ClN3O3S/c1-14-12-15(21)13-17-18(14)22-20(28-17)24(19(25)16-4-2-9-27-16)6-3-5-23-7-10-26-11-8-23/h2,4,9,12-13H,3,5-8,10-11H2,1H3. The zero-order chi connectivity index (χ0) is 19.5. The topological polar surface area (TPSA) is 58.8 Å². The maximum atomic E-state index is 13.1. The van der Waals surface area contributed by atoms with Crippen molar-refractivity contribution in [2.45, 2.75) is 13.3 Å². The number of nitrogens with zero attached hydrogens (tertiary/aromatic N) is 3. The highest BCUT2D eigenvalue weighted by Crippen LogP contribution is 2.33. The Morgan fingerprint density at radius 2 is 2.18 bits per heavy atom. The molecular weight excluding hydrogens is 398 g/mol. The number of carbonyl (C=O) groups is 1. The molecule has 0 atom stereocenters. The molecule has 0 spiro atoms. The summed E-state index contributed by atoms with van der Waals surface area (Å²) in [6.07, 6.45) is 2.36. The monoisotopic (exact) mass is 419 g/mol. The van der Waals surface area contributed by atoms with E-state index in [1.807, 2.05) is 19.1 Å². The van der Waals surface area contributed by atoms with E-state index in [9.17, 15) is 4.79 Å². The first-order chi connectivity index (χ1) is 13.6. The Morgan fingerprint density at radius 1 is 1.36 bits per heavy atom. The van der Waals surface area contributed by atoms with Crippen LogP contribution in [0.25, 0.3) is 10.2 Å². The number of benzene rings is 1. The summed E-state index contributed by atoms with van der Waals surface area (Å²) in [4.78, 5) is 21.9. The van der Waals surface area contributed by atoms with E-state index in [1.165, 1.54) is 17.6 Å². The number of fused-ring (bicyclic) bond motifs is 1. The second-order valence-electron chi connectivity index (χ2n) is 6.81. The Morgan fingerprint density at radius 3 is 2.93 bits per heavy atom. The molecule has 1 saturated heterocycles. The van der Waals surface area contributed by atoms with Crippen molar-refractivity contribution in [3.8, 4) is 0 Å². The highest BCUT2D eigenvalue weighted by atomic mass is 35.5. The molecule has 4 rings (SSSR count). The van der Waals surface area contributed by atoms with Gasteiger partial charge in [-0.25, -0.2) is 4.98 Å². The largest absolute Gasteiger partial charge is 0.459 e. The molecule has 6 nitrogen and oxygen atoms in total. The van der Waals surface area contributed by atoms with E-state index in [0.29, 0.717) is 22.5 Å². The summed E-state index contributed by atoms with van der Waals surface area (Å²) in [7, 11) is 0. The maximum absolute atomic E-state index is 13.1. The van der Waals surface area contributed by atoms with Gasteiger partial charge >= 0.3 is 0 Å². The zero-order valence-electron chi connectivity index (χ0n) is 15.7. The van der Waals surface area contributed by atoms with Gasteiger partial charge in [-0.15, -0.1) is 0 Å². The van der Waals surface area contributed by atoms with Crippen LogP contribution in [0.5, 0.6) is 0 Å². The summed E-state index contributed by atoms with van der Waals surface area (Å²) < 4.78 is 11.7. The number of thiazole rings is 1. The molecule has 1 amide bonds. The van der Waals surface area contributed by atoms with Crippen LogP contribution in [0, 0.1) is 6.92 Å². The average molecular weight is 420 g/mol. The number of morpholine rings is 1. The molecule has 1 aromatic carbocycles. The van der Waals surface area contributed by atoms with Gasteiger partial charge in [0.05, 0.1) is 29.7 Å². The Labute approximate surface area is 172 Å². The first-order valence-corrected chi connectivity index (χ1v) is 10.5. The highest BCUT2D eigenvalue weighted by Gasteiger charge is 2.24. The molecule has 8 heteroatoms. The van der Waals surface area contributed by atoms with Crippen molar-refractivity contribution < 1.29 is 13.9 Å². The lowest BCUT2D eigenvalue weighted by atomic mass is 10.2. The van der Waals surface area contributed by atoms with Gasteiger partial charge in [-0.1, -0.05) is 22.9 Å². The van der Waals surface area contributed by atoms with Gasteiger partial charge in [-0.3, -0.25) is 14.6 Å². The number of halogens is 1. The Bertz CT molecular complexity index is 951. The summed E-state index contributed by atoms with van der Waals surface area (Å²) in [5.41, 5.74) is 1.89. The second kappa shape index (κ2) is 8.61. The van der Waals surface area contributed by atoms with Crippen molar-refractivity contribution in [3.63, 3.8) is 0 Å². The zero-order valence-corrected chi connectivity index (χ0v) is 17.3. The minimum atomic E-state index is -0.171. The van der Waals surface area contributed by atoms with E-state index in [0.717, 1.165) is 55.0 Å². The fraction of sp³-hybridized carbons (Fsp3) is 0.400. The lowest BCUT2D eigenvalue weighted by Gasteiger charge is -2.27. The summed E-state index contributed by atoms with van der Waals surface area (Å²) >= 11 is 7.67. The molecule has 28 heavy (non-hydrogen) atoms. The smallest absolute Gasteiger partial charge is 0.295 e. The SMILES string of the molecule is Cc1cc(Cl)cc2sc(N(CCCN3CCOCC3)C(=O)c3ccco3)nc12. The van der Waals surface area contributed by atoms with Crippen LogP contribution in [0.1, 0.15) is 22.5 Å². The molecule has 1 aliphatic rings. The molecule has 3 aromatic rings. The molecular formula is C20H22ClN3O3S. The molecule has 1 aliphatic heterocycles. The number of carbonyl (C=O) groups excluding carboxylic acids is 1. The quantitative estimate of drug-likeness (QED) is 0.598. The first kappa shape index (κ1) is 19.4. The number of aromatic nitrogens is 1. The van der Waals surface area contributed by atoms with Crippen molar-refractivity contribution in [1.82, 2.24) is 9.88 Å². The van der Waals surface area contributed by atoms with Gasteiger partial charge in [0.1, 0.15) is 0 Å². The minimum Gasteiger partial charge on any atom is -0.459 e. The molecule has 0 N–H and O–H groups in total. The number of ether oxygens (including phenoxy) is 1. The van der Waals surface area contributed by atoms with E-state index in [-0.39, 0.29) is 5.91 Å². The molecule has 0 bridgehead atoms. The van der Waals surface area contributed by atoms with E-state index in [2.05, 4.69) is 4.90 Å². The third kappa shape index (κ3) is 4.22. The molecule has 148 valence electrons. The van der Waals surface area contributed by atoms with Gasteiger partial charge < -0.3 is 9.15 Å². The van der Waals surface area contributed by atoms with Crippen molar-refractivity contribution in [1.29, 1.82) is 0 Å². The van der Waals surface area contributed by atoms with E-state index >= 15 is 0 Å². The fourth-order valence-corrected chi connectivity index (χ4v) is 4.80. The molecule has 2 aromatic heterocycles. The van der Waals surface area contributed by atoms with Gasteiger partial charge in [0.25, 0.3) is 5.91 Å². The molecule has 0 saturated carbocycles. The number of amides is 1. The second-order valence-corrected chi connectivity index (χ2v) is 8.25. The van der Waals surface area contributed by atoms with Gasteiger partial charge in [-0.05, 0) is 43.2 Å². The normalized spacial score (nSPS) is 15.2. The Hall–Kier alpha value is -1.93. The molecule has 1 fully saturated rings. The first-order valence-electron chi connectivity index (χ1n) is 9.34. The van der Waals surface area contributed by atoms with Crippen LogP contribution in [-0.2, 0) is 4.74 Å². The summed E-state index contributed by atoms with van der Waals surface area (Å²) in [5.74, 6) is 0.148. The molecule has 0 unspecified atom stereocenters. The van der Waals surface area contributed by atoms with Crippen LogP contribution in [-0.4, -0.2) is 55.2 Å². The van der Waals surface area contributed by atoms with Crippen molar-refractivity contribution in [2.75, 3.05) is 44.3 Å². The third-order valence-electron chi connectivity index (χ3n) is 4.81. The predicted molar refractivity (Wildman–Crippen MR) is 112 cm³/mol. The van der Waals surface area contributed by atoms with E-state index < -0.39 is 0 Å². The van der Waals surface area contributed by atoms with Crippen molar-refractivity contribution >= 4 is 44.2 Å².